The second kappa shape index (κ2) is 6.10. The third-order valence-corrected chi connectivity index (χ3v) is 2.33. The lowest BCUT2D eigenvalue weighted by Gasteiger charge is -2.22. The smallest absolute Gasteiger partial charge is 0.314 e. The lowest BCUT2D eigenvalue weighted by atomic mass is 10.1. The largest absolute Gasteiger partial charge is 0.387 e. The minimum Gasteiger partial charge on any atom is -0.387 e. The van der Waals surface area contributed by atoms with E-state index in [1.165, 1.54) is 0 Å². The van der Waals surface area contributed by atoms with Crippen LogP contribution in [0.2, 0.25) is 0 Å². The van der Waals surface area contributed by atoms with E-state index in [-0.39, 0.29) is 12.6 Å². The molecule has 0 aromatic carbocycles. The minimum atomic E-state index is -0.829. The number of carbonyl (C=O) groups excluding carboxylic acids is 1. The zero-order chi connectivity index (χ0) is 10.3. The van der Waals surface area contributed by atoms with Crippen LogP contribution in [0.4, 0.5) is 4.79 Å². The lowest BCUT2D eigenvalue weighted by Crippen LogP contribution is -2.46. The summed E-state index contributed by atoms with van der Waals surface area (Å²) in [5, 5.41) is 14.9. The van der Waals surface area contributed by atoms with Crippen LogP contribution in [0.3, 0.4) is 0 Å². The molecule has 0 aliphatic rings. The Hall–Kier alpha value is -0.420. The van der Waals surface area contributed by atoms with Gasteiger partial charge in [0.25, 0.3) is 0 Å². The van der Waals surface area contributed by atoms with Gasteiger partial charge in [0.15, 0.2) is 0 Å². The summed E-state index contributed by atoms with van der Waals surface area (Å²) in [6.07, 6.45) is 1.92. The number of nitrogens with one attached hydrogen (secondary N) is 2. The maximum Gasteiger partial charge on any atom is 0.314 e. The van der Waals surface area contributed by atoms with Gasteiger partial charge in [-0.05, 0) is 20.1 Å². The quantitative estimate of drug-likeness (QED) is 0.611. The molecule has 3 N–H and O–H groups in total. The summed E-state index contributed by atoms with van der Waals surface area (Å²) in [6, 6.07) is -0.233. The van der Waals surface area contributed by atoms with Crippen molar-refractivity contribution < 1.29 is 9.90 Å². The second-order valence-electron chi connectivity index (χ2n) is 3.14. The molecule has 0 aliphatic carbocycles. The molecule has 0 bridgehead atoms. The van der Waals surface area contributed by atoms with Crippen molar-refractivity contribution in [1.29, 1.82) is 0 Å². The van der Waals surface area contributed by atoms with E-state index in [0.717, 1.165) is 0 Å². The first-order chi connectivity index (χ1) is 6.02. The van der Waals surface area contributed by atoms with Gasteiger partial charge in [0.05, 0.1) is 5.60 Å². The minimum absolute atomic E-state index is 0.233. The molecule has 0 heterocycles. The Morgan fingerprint density at radius 2 is 2.15 bits per heavy atom. The highest BCUT2D eigenvalue weighted by Gasteiger charge is 2.19. The van der Waals surface area contributed by atoms with Crippen LogP contribution in [0.5, 0.6) is 0 Å². The fraction of sp³-hybridized carbons (Fsp3) is 0.875. The number of urea groups is 1. The third-order valence-electron chi connectivity index (χ3n) is 1.42. The first kappa shape index (κ1) is 12.6. The normalized spacial score (nSPS) is 14.8. The van der Waals surface area contributed by atoms with E-state index >= 15 is 0 Å². The number of hydrogen-bond acceptors (Lipinski definition) is 3. The van der Waals surface area contributed by atoms with Crippen molar-refractivity contribution in [1.82, 2.24) is 10.6 Å². The van der Waals surface area contributed by atoms with Gasteiger partial charge in [-0.1, -0.05) is 0 Å². The Labute approximate surface area is 83.5 Å². The molecule has 0 radical (unpaired) electrons. The Bertz CT molecular complexity index is 162. The van der Waals surface area contributed by atoms with E-state index in [1.807, 2.05) is 13.2 Å². The average molecular weight is 206 g/mol. The molecule has 5 heteroatoms. The van der Waals surface area contributed by atoms with Gasteiger partial charge in [0, 0.05) is 18.8 Å². The van der Waals surface area contributed by atoms with Gasteiger partial charge in [-0.25, -0.2) is 4.79 Å². The molecule has 78 valence electrons. The van der Waals surface area contributed by atoms with Gasteiger partial charge in [0.1, 0.15) is 0 Å². The summed E-state index contributed by atoms with van der Waals surface area (Å²) >= 11 is 1.55. The van der Waals surface area contributed by atoms with Gasteiger partial charge < -0.3 is 15.7 Å². The molecule has 13 heavy (non-hydrogen) atoms. The molecular weight excluding hydrogens is 188 g/mol. The van der Waals surface area contributed by atoms with Crippen LogP contribution in [-0.4, -0.2) is 41.8 Å². The average Bonchev–Trinajstić information content (AvgIpc) is 2.02. The van der Waals surface area contributed by atoms with Crippen LogP contribution in [0.25, 0.3) is 0 Å². The van der Waals surface area contributed by atoms with Crippen LogP contribution in [0, 0.1) is 0 Å². The highest BCUT2D eigenvalue weighted by Crippen LogP contribution is 2.08. The Kier molecular flexibility index (Phi) is 5.90. The number of aliphatic hydroxyl groups is 1. The molecule has 0 aliphatic heterocycles. The number of hydrogen-bond donors (Lipinski definition) is 3. The predicted molar refractivity (Wildman–Crippen MR) is 56.1 cm³/mol. The van der Waals surface area contributed by atoms with Crippen molar-refractivity contribution in [3.05, 3.63) is 0 Å². The highest BCUT2D eigenvalue weighted by atomic mass is 32.2. The maximum atomic E-state index is 11.0. The van der Waals surface area contributed by atoms with Crippen LogP contribution < -0.4 is 10.6 Å². The maximum absolute atomic E-state index is 11.0. The summed E-state index contributed by atoms with van der Waals surface area (Å²) in [5.41, 5.74) is -0.829. The standard InChI is InChI=1S/C8H18N2O2S/c1-4-9-7(11)10-5-8(2,12)6-13-3/h12H,4-6H2,1-3H3,(H2,9,10,11). The molecule has 1 atom stereocenters. The molecule has 0 saturated carbocycles. The van der Waals surface area contributed by atoms with Gasteiger partial charge in [-0.15, -0.1) is 0 Å². The zero-order valence-electron chi connectivity index (χ0n) is 8.39. The van der Waals surface area contributed by atoms with Crippen LogP contribution in [0.1, 0.15) is 13.8 Å². The van der Waals surface area contributed by atoms with Crippen LogP contribution in [-0.2, 0) is 0 Å². The van der Waals surface area contributed by atoms with Gasteiger partial charge >= 0.3 is 6.03 Å². The van der Waals surface area contributed by atoms with E-state index in [1.54, 1.807) is 18.7 Å². The topological polar surface area (TPSA) is 61.4 Å². The second-order valence-corrected chi connectivity index (χ2v) is 4.01. The lowest BCUT2D eigenvalue weighted by molar-refractivity contribution is 0.0870. The van der Waals surface area contributed by atoms with Crippen molar-refractivity contribution >= 4 is 17.8 Å². The van der Waals surface area contributed by atoms with Crippen molar-refractivity contribution in [2.24, 2.45) is 0 Å². The number of amides is 2. The predicted octanol–water partition coefficient (Wildman–Crippen LogP) is 0.420. The fourth-order valence-corrected chi connectivity index (χ4v) is 1.58. The van der Waals surface area contributed by atoms with Crippen LogP contribution in [0.15, 0.2) is 0 Å². The van der Waals surface area contributed by atoms with Crippen molar-refractivity contribution in [3.8, 4) is 0 Å². The molecule has 4 nitrogen and oxygen atoms in total. The fourth-order valence-electron chi connectivity index (χ4n) is 0.856. The van der Waals surface area contributed by atoms with Crippen molar-refractivity contribution in [2.45, 2.75) is 19.4 Å². The van der Waals surface area contributed by atoms with E-state index in [0.29, 0.717) is 12.3 Å². The summed E-state index contributed by atoms with van der Waals surface area (Å²) in [5.74, 6) is 0.611. The molecule has 0 aromatic rings. The molecular formula is C8H18N2O2S. The van der Waals surface area contributed by atoms with Crippen molar-refractivity contribution in [3.63, 3.8) is 0 Å². The highest BCUT2D eigenvalue weighted by molar-refractivity contribution is 7.98. The zero-order valence-corrected chi connectivity index (χ0v) is 9.20. The SMILES string of the molecule is CCNC(=O)NCC(C)(O)CSC. The number of rotatable bonds is 5. The summed E-state index contributed by atoms with van der Waals surface area (Å²) in [6.45, 7) is 4.42. The van der Waals surface area contributed by atoms with Crippen molar-refractivity contribution in [2.75, 3.05) is 25.1 Å². The molecule has 0 fully saturated rings. The van der Waals surface area contributed by atoms with E-state index in [9.17, 15) is 9.90 Å². The molecule has 0 saturated heterocycles. The van der Waals surface area contributed by atoms with Gasteiger partial charge in [0.2, 0.25) is 0 Å². The Morgan fingerprint density at radius 3 is 2.62 bits per heavy atom. The molecule has 0 spiro atoms. The number of carbonyl (C=O) groups is 1. The van der Waals surface area contributed by atoms with E-state index < -0.39 is 5.60 Å². The monoisotopic (exact) mass is 206 g/mol. The molecule has 2 amide bonds. The molecule has 0 rings (SSSR count). The first-order valence-corrected chi connectivity index (χ1v) is 5.64. The van der Waals surface area contributed by atoms with Gasteiger partial charge in [-0.2, -0.15) is 11.8 Å². The molecule has 1 unspecified atom stereocenters. The van der Waals surface area contributed by atoms with Gasteiger partial charge in [-0.3, -0.25) is 0 Å². The summed E-state index contributed by atoms with van der Waals surface area (Å²) in [7, 11) is 0. The van der Waals surface area contributed by atoms with E-state index in [4.69, 9.17) is 0 Å². The Morgan fingerprint density at radius 1 is 1.54 bits per heavy atom. The molecule has 0 aromatic heterocycles. The van der Waals surface area contributed by atoms with Crippen LogP contribution >= 0.6 is 11.8 Å². The number of thioether (sulfide) groups is 1. The Balaban J connectivity index is 3.67. The summed E-state index contributed by atoms with van der Waals surface area (Å²) < 4.78 is 0. The summed E-state index contributed by atoms with van der Waals surface area (Å²) in [4.78, 5) is 11.0. The third kappa shape index (κ3) is 6.72. The van der Waals surface area contributed by atoms with E-state index in [2.05, 4.69) is 10.6 Å². The first-order valence-electron chi connectivity index (χ1n) is 4.25.